The van der Waals surface area contributed by atoms with Crippen LogP contribution in [-0.2, 0) is 6.18 Å². The third-order valence-corrected chi connectivity index (χ3v) is 5.84. The van der Waals surface area contributed by atoms with Crippen LogP contribution >= 0.6 is 11.3 Å². The number of aliphatic hydroxyl groups excluding tert-OH is 3. The topological polar surface area (TPSA) is 80.1 Å². The van der Waals surface area contributed by atoms with Gasteiger partial charge in [0.15, 0.2) is 10.8 Å². The van der Waals surface area contributed by atoms with Crippen LogP contribution in [0, 0.1) is 5.92 Å². The van der Waals surface area contributed by atoms with Gasteiger partial charge in [-0.15, -0.1) is 11.3 Å². The summed E-state index contributed by atoms with van der Waals surface area (Å²) < 4.78 is 38.0. The number of halogens is 3. The molecule has 2 aliphatic heterocycles. The van der Waals surface area contributed by atoms with Gasteiger partial charge < -0.3 is 20.2 Å². The van der Waals surface area contributed by atoms with Gasteiger partial charge in [-0.3, -0.25) is 4.90 Å². The maximum Gasteiger partial charge on any atom is 0.434 e. The van der Waals surface area contributed by atoms with Gasteiger partial charge in [-0.2, -0.15) is 13.2 Å². The fourth-order valence-corrected chi connectivity index (χ4v) is 4.41. The second-order valence-corrected chi connectivity index (χ2v) is 7.61. The monoisotopic (exact) mass is 381 g/mol. The molecule has 142 valence electrons. The number of anilines is 1. The molecule has 25 heavy (non-hydrogen) atoms. The molecule has 0 bridgehead atoms. The van der Waals surface area contributed by atoms with Crippen molar-refractivity contribution in [1.29, 1.82) is 0 Å². The van der Waals surface area contributed by atoms with Crippen molar-refractivity contribution in [2.45, 2.75) is 37.3 Å². The number of hydrogen-bond acceptors (Lipinski definition) is 7. The van der Waals surface area contributed by atoms with Crippen molar-refractivity contribution >= 4 is 16.5 Å². The zero-order valence-corrected chi connectivity index (χ0v) is 14.4. The Bertz CT molecular complexity index is 586. The predicted molar refractivity (Wildman–Crippen MR) is 86.5 cm³/mol. The standard InChI is InChI=1S/C15H22F3N3O3S/c16-15(17,18)13-8-25-14(19-13)20-2-1-9(4-20)5-21-6-12(24)11(23)3-10(21)7-22/h8-12,22-24H,1-7H2/t9?,10-,11?,12+/m1/s1. The fraction of sp³-hybridized carbons (Fsp3) is 0.800. The van der Waals surface area contributed by atoms with Crippen LogP contribution in [0.15, 0.2) is 5.38 Å². The quantitative estimate of drug-likeness (QED) is 0.715. The first-order chi connectivity index (χ1) is 11.8. The highest BCUT2D eigenvalue weighted by atomic mass is 32.1. The summed E-state index contributed by atoms with van der Waals surface area (Å²) >= 11 is 0.996. The molecule has 3 rings (SSSR count). The van der Waals surface area contributed by atoms with Gasteiger partial charge in [0.05, 0.1) is 18.8 Å². The van der Waals surface area contributed by atoms with Gasteiger partial charge in [-0.05, 0) is 18.8 Å². The van der Waals surface area contributed by atoms with E-state index in [0.29, 0.717) is 37.7 Å². The number of hydrogen-bond donors (Lipinski definition) is 3. The highest BCUT2D eigenvalue weighted by Crippen LogP contribution is 2.35. The molecule has 2 fully saturated rings. The third-order valence-electron chi connectivity index (χ3n) is 4.94. The van der Waals surface area contributed by atoms with Gasteiger partial charge in [0.1, 0.15) is 0 Å². The van der Waals surface area contributed by atoms with Crippen molar-refractivity contribution < 1.29 is 28.5 Å². The van der Waals surface area contributed by atoms with Crippen LogP contribution in [0.25, 0.3) is 0 Å². The van der Waals surface area contributed by atoms with Crippen molar-refractivity contribution in [2.75, 3.05) is 37.7 Å². The van der Waals surface area contributed by atoms with Crippen molar-refractivity contribution in [3.8, 4) is 0 Å². The summed E-state index contributed by atoms with van der Waals surface area (Å²) in [4.78, 5) is 7.51. The van der Waals surface area contributed by atoms with Crippen molar-refractivity contribution in [3.63, 3.8) is 0 Å². The minimum Gasteiger partial charge on any atom is -0.395 e. The third kappa shape index (κ3) is 4.25. The Hall–Kier alpha value is -0.940. The molecule has 2 aliphatic rings. The SMILES string of the molecule is OC[C@H]1CC(O)[C@@H](O)CN1CC1CCN(c2nc(C(F)(F)F)cs2)C1. The molecule has 10 heteroatoms. The van der Waals surface area contributed by atoms with E-state index in [1.165, 1.54) is 0 Å². The molecule has 2 unspecified atom stereocenters. The van der Waals surface area contributed by atoms with Crippen molar-refractivity contribution in [2.24, 2.45) is 5.92 Å². The highest BCUT2D eigenvalue weighted by Gasteiger charge is 2.37. The Morgan fingerprint density at radius 3 is 2.64 bits per heavy atom. The average Bonchev–Trinajstić information content (AvgIpc) is 3.19. The van der Waals surface area contributed by atoms with E-state index in [2.05, 4.69) is 4.98 Å². The van der Waals surface area contributed by atoms with E-state index >= 15 is 0 Å². The molecule has 0 amide bonds. The number of thiazole rings is 1. The average molecular weight is 381 g/mol. The summed E-state index contributed by atoms with van der Waals surface area (Å²) in [6, 6.07) is -0.204. The van der Waals surface area contributed by atoms with Crippen LogP contribution in [0.5, 0.6) is 0 Å². The van der Waals surface area contributed by atoms with Gasteiger partial charge in [0.25, 0.3) is 0 Å². The minimum absolute atomic E-state index is 0.0956. The Labute approximate surface area is 147 Å². The summed E-state index contributed by atoms with van der Waals surface area (Å²) in [5.41, 5.74) is -0.857. The summed E-state index contributed by atoms with van der Waals surface area (Å²) in [6.45, 7) is 2.05. The first-order valence-electron chi connectivity index (χ1n) is 8.26. The molecule has 6 nitrogen and oxygen atoms in total. The number of alkyl halides is 3. The van der Waals surface area contributed by atoms with Crippen LogP contribution in [0.2, 0.25) is 0 Å². The van der Waals surface area contributed by atoms with Crippen molar-refractivity contribution in [1.82, 2.24) is 9.88 Å². The van der Waals surface area contributed by atoms with Crippen LogP contribution in [0.1, 0.15) is 18.5 Å². The molecule has 2 saturated heterocycles. The molecular weight excluding hydrogens is 359 g/mol. The van der Waals surface area contributed by atoms with Crippen LogP contribution in [0.3, 0.4) is 0 Å². The van der Waals surface area contributed by atoms with E-state index in [4.69, 9.17) is 0 Å². The molecular formula is C15H22F3N3O3S. The Morgan fingerprint density at radius 2 is 2.00 bits per heavy atom. The maximum atomic E-state index is 12.7. The number of nitrogens with zero attached hydrogens (tertiary/aromatic N) is 3. The zero-order chi connectivity index (χ0) is 18.2. The molecule has 3 N–H and O–H groups in total. The fourth-order valence-electron chi connectivity index (χ4n) is 3.54. The second-order valence-electron chi connectivity index (χ2n) is 6.77. The number of likely N-dealkylation sites (tertiary alicyclic amines) is 1. The van der Waals surface area contributed by atoms with Gasteiger partial charge in [0, 0.05) is 37.6 Å². The molecule has 1 aromatic heterocycles. The van der Waals surface area contributed by atoms with Crippen LogP contribution in [-0.4, -0.2) is 76.2 Å². The molecule has 0 aromatic carbocycles. The highest BCUT2D eigenvalue weighted by molar-refractivity contribution is 7.13. The number of aliphatic hydroxyl groups is 3. The van der Waals surface area contributed by atoms with Crippen molar-refractivity contribution in [3.05, 3.63) is 11.1 Å². The lowest BCUT2D eigenvalue weighted by Crippen LogP contribution is -2.54. The number of rotatable bonds is 4. The largest absolute Gasteiger partial charge is 0.434 e. The van der Waals surface area contributed by atoms with E-state index in [1.54, 1.807) is 0 Å². The van der Waals surface area contributed by atoms with Gasteiger partial charge >= 0.3 is 6.18 Å². The summed E-state index contributed by atoms with van der Waals surface area (Å²) in [5.74, 6) is 0.217. The minimum atomic E-state index is -4.42. The molecule has 1 aromatic rings. The van der Waals surface area contributed by atoms with Crippen LogP contribution < -0.4 is 4.90 Å². The molecule has 4 atom stereocenters. The first-order valence-corrected chi connectivity index (χ1v) is 9.14. The van der Waals surface area contributed by atoms with Gasteiger partial charge in [-0.1, -0.05) is 0 Å². The number of β-amino-alcohol motifs (C(OH)–C–C–N with tert-alkyl or cyclic N) is 1. The maximum absolute atomic E-state index is 12.7. The van der Waals surface area contributed by atoms with Crippen LogP contribution in [0.4, 0.5) is 18.3 Å². The number of aromatic nitrogens is 1. The lowest BCUT2D eigenvalue weighted by Gasteiger charge is -2.40. The summed E-state index contributed by atoms with van der Waals surface area (Å²) in [5, 5.41) is 30.5. The number of piperidine rings is 1. The Kier molecular flexibility index (Phi) is 5.54. The van der Waals surface area contributed by atoms with E-state index in [1.807, 2.05) is 9.80 Å². The predicted octanol–water partition coefficient (Wildman–Crippen LogP) is 0.777. The van der Waals surface area contributed by atoms with E-state index in [0.717, 1.165) is 23.1 Å². The Morgan fingerprint density at radius 1 is 1.24 bits per heavy atom. The smallest absolute Gasteiger partial charge is 0.395 e. The molecule has 0 aliphatic carbocycles. The van der Waals surface area contributed by atoms with E-state index in [-0.39, 0.29) is 18.6 Å². The first kappa shape index (κ1) is 18.8. The molecule has 0 spiro atoms. The Balaban J connectivity index is 1.58. The molecule has 0 radical (unpaired) electrons. The van der Waals surface area contributed by atoms with Gasteiger partial charge in [-0.25, -0.2) is 4.98 Å². The lowest BCUT2D eigenvalue weighted by molar-refractivity contribution is -0.140. The lowest BCUT2D eigenvalue weighted by atomic mass is 9.96. The second kappa shape index (κ2) is 7.36. The molecule has 0 saturated carbocycles. The summed E-state index contributed by atoms with van der Waals surface area (Å²) in [7, 11) is 0. The van der Waals surface area contributed by atoms with E-state index < -0.39 is 24.1 Å². The normalized spacial score (nSPS) is 31.7. The zero-order valence-electron chi connectivity index (χ0n) is 13.6. The van der Waals surface area contributed by atoms with Gasteiger partial charge in [0.2, 0.25) is 0 Å². The summed E-state index contributed by atoms with van der Waals surface area (Å²) in [6.07, 6.45) is -4.96. The van der Waals surface area contributed by atoms with E-state index in [9.17, 15) is 28.5 Å². The molecule has 3 heterocycles.